The number of hydrogen-bond acceptors (Lipinski definition) is 3. The molecule has 1 unspecified atom stereocenters. The van der Waals surface area contributed by atoms with E-state index in [-0.39, 0.29) is 11.9 Å². The van der Waals surface area contributed by atoms with Crippen LogP contribution in [0.25, 0.3) is 0 Å². The molecule has 0 aromatic heterocycles. The Morgan fingerprint density at radius 1 is 1.24 bits per heavy atom. The second kappa shape index (κ2) is 7.87. The minimum Gasteiger partial charge on any atom is -0.373 e. The molecule has 0 bridgehead atoms. The van der Waals surface area contributed by atoms with Gasteiger partial charge in [0.1, 0.15) is 5.82 Å². The van der Waals surface area contributed by atoms with Crippen molar-refractivity contribution in [2.24, 2.45) is 0 Å². The van der Waals surface area contributed by atoms with Gasteiger partial charge < -0.3 is 10.1 Å². The van der Waals surface area contributed by atoms with Crippen molar-refractivity contribution in [3.8, 4) is 0 Å². The van der Waals surface area contributed by atoms with E-state index in [4.69, 9.17) is 4.74 Å². The average Bonchev–Trinajstić information content (AvgIpc) is 2.43. The van der Waals surface area contributed by atoms with Crippen molar-refractivity contribution < 1.29 is 9.13 Å². The molecule has 0 aliphatic carbocycles. The molecule has 1 aliphatic heterocycles. The van der Waals surface area contributed by atoms with E-state index < -0.39 is 0 Å². The van der Waals surface area contributed by atoms with Gasteiger partial charge in [-0.15, -0.1) is 0 Å². The maximum Gasteiger partial charge on any atom is 0.123 e. The van der Waals surface area contributed by atoms with Gasteiger partial charge in [-0.25, -0.2) is 4.39 Å². The van der Waals surface area contributed by atoms with Crippen molar-refractivity contribution in [2.45, 2.75) is 45.4 Å². The molecule has 1 aliphatic rings. The molecule has 118 valence electrons. The fraction of sp³-hybridized carbons (Fsp3) is 0.647. The van der Waals surface area contributed by atoms with Crippen LogP contribution >= 0.6 is 0 Å². The van der Waals surface area contributed by atoms with Gasteiger partial charge in [-0.1, -0.05) is 19.1 Å². The van der Waals surface area contributed by atoms with Crippen LogP contribution < -0.4 is 5.32 Å². The number of morpholine rings is 1. The maximum atomic E-state index is 13.1. The number of ether oxygens (including phenoxy) is 1. The number of hydrogen-bond donors (Lipinski definition) is 1. The predicted molar refractivity (Wildman–Crippen MR) is 83.9 cm³/mol. The van der Waals surface area contributed by atoms with E-state index in [1.165, 1.54) is 0 Å². The highest BCUT2D eigenvalue weighted by molar-refractivity contribution is 5.20. The number of halogens is 1. The lowest BCUT2D eigenvalue weighted by Gasteiger charge is -2.36. The van der Waals surface area contributed by atoms with Crippen LogP contribution in [-0.4, -0.2) is 43.3 Å². The zero-order chi connectivity index (χ0) is 15.2. The first-order valence-corrected chi connectivity index (χ1v) is 7.95. The molecule has 0 spiro atoms. The highest BCUT2D eigenvalue weighted by Crippen LogP contribution is 2.19. The first-order valence-electron chi connectivity index (χ1n) is 7.95. The highest BCUT2D eigenvalue weighted by atomic mass is 19.1. The summed E-state index contributed by atoms with van der Waals surface area (Å²) in [5.74, 6) is -0.176. The van der Waals surface area contributed by atoms with Crippen LogP contribution in [0.5, 0.6) is 0 Å². The van der Waals surface area contributed by atoms with Crippen LogP contribution in [0.1, 0.15) is 38.8 Å². The van der Waals surface area contributed by atoms with Crippen LogP contribution in [0.2, 0.25) is 0 Å². The van der Waals surface area contributed by atoms with Gasteiger partial charge >= 0.3 is 0 Å². The summed E-state index contributed by atoms with van der Waals surface area (Å²) >= 11 is 0. The summed E-state index contributed by atoms with van der Waals surface area (Å²) in [6.07, 6.45) is 1.63. The molecule has 2 rings (SSSR count). The molecule has 4 heteroatoms. The van der Waals surface area contributed by atoms with E-state index in [9.17, 15) is 4.39 Å². The van der Waals surface area contributed by atoms with Gasteiger partial charge in [0, 0.05) is 25.7 Å². The number of benzene rings is 1. The standard InChI is InChI=1S/C17H27FN2O/c1-4-19-17(15-5-7-16(18)8-6-15)9-10-20-11-13(2)21-14(3)12-20/h5-8,13-14,17,19H,4,9-12H2,1-3H3/t13-,14+,17?. The van der Waals surface area contributed by atoms with Crippen molar-refractivity contribution in [2.75, 3.05) is 26.2 Å². The smallest absolute Gasteiger partial charge is 0.123 e. The van der Waals surface area contributed by atoms with Gasteiger partial charge in [-0.2, -0.15) is 0 Å². The zero-order valence-corrected chi connectivity index (χ0v) is 13.3. The number of nitrogens with zero attached hydrogens (tertiary/aromatic N) is 1. The third kappa shape index (κ3) is 5.06. The SMILES string of the molecule is CCNC(CCN1C[C@@H](C)O[C@@H](C)C1)c1ccc(F)cc1. The van der Waals surface area contributed by atoms with Crippen molar-refractivity contribution in [1.82, 2.24) is 10.2 Å². The summed E-state index contributed by atoms with van der Waals surface area (Å²) in [6, 6.07) is 7.13. The zero-order valence-electron chi connectivity index (χ0n) is 13.3. The Labute approximate surface area is 127 Å². The van der Waals surface area contributed by atoms with Crippen molar-refractivity contribution >= 4 is 0 Å². The second-order valence-corrected chi connectivity index (χ2v) is 5.97. The molecule has 0 radical (unpaired) electrons. The van der Waals surface area contributed by atoms with Crippen LogP contribution in [0, 0.1) is 5.82 Å². The third-order valence-electron chi connectivity index (χ3n) is 3.95. The van der Waals surface area contributed by atoms with Gasteiger partial charge in [0.15, 0.2) is 0 Å². The predicted octanol–water partition coefficient (Wildman–Crippen LogP) is 2.98. The lowest BCUT2D eigenvalue weighted by atomic mass is 10.0. The molecule has 1 saturated heterocycles. The van der Waals surface area contributed by atoms with Crippen LogP contribution in [0.3, 0.4) is 0 Å². The maximum absolute atomic E-state index is 13.1. The first kappa shape index (κ1) is 16.4. The van der Waals surface area contributed by atoms with E-state index in [1.807, 2.05) is 12.1 Å². The Morgan fingerprint density at radius 3 is 2.43 bits per heavy atom. The van der Waals surface area contributed by atoms with Gasteiger partial charge in [-0.05, 0) is 44.5 Å². The van der Waals surface area contributed by atoms with Crippen LogP contribution in [-0.2, 0) is 4.74 Å². The lowest BCUT2D eigenvalue weighted by molar-refractivity contribution is -0.0685. The summed E-state index contributed by atoms with van der Waals surface area (Å²) in [6.45, 7) is 10.3. The minimum absolute atomic E-state index is 0.176. The fourth-order valence-electron chi connectivity index (χ4n) is 3.11. The summed E-state index contributed by atoms with van der Waals surface area (Å²) < 4.78 is 18.8. The van der Waals surface area contributed by atoms with Crippen molar-refractivity contribution in [3.63, 3.8) is 0 Å². The highest BCUT2D eigenvalue weighted by Gasteiger charge is 2.22. The largest absolute Gasteiger partial charge is 0.373 e. The Balaban J connectivity index is 1.92. The Kier molecular flexibility index (Phi) is 6.15. The van der Waals surface area contributed by atoms with Gasteiger partial charge in [0.2, 0.25) is 0 Å². The quantitative estimate of drug-likeness (QED) is 0.873. The fourth-order valence-corrected chi connectivity index (χ4v) is 3.11. The third-order valence-corrected chi connectivity index (χ3v) is 3.95. The van der Waals surface area contributed by atoms with Crippen LogP contribution in [0.4, 0.5) is 4.39 Å². The molecule has 0 saturated carbocycles. The summed E-state index contributed by atoms with van der Waals surface area (Å²) in [7, 11) is 0. The number of nitrogens with one attached hydrogen (secondary N) is 1. The van der Waals surface area contributed by atoms with Gasteiger partial charge in [0.05, 0.1) is 12.2 Å². The molecular weight excluding hydrogens is 267 g/mol. The van der Waals surface area contributed by atoms with Gasteiger partial charge in [-0.3, -0.25) is 4.90 Å². The summed E-state index contributed by atoms with van der Waals surface area (Å²) in [5.41, 5.74) is 1.16. The molecule has 1 aromatic carbocycles. The minimum atomic E-state index is -0.176. The summed E-state index contributed by atoms with van der Waals surface area (Å²) in [4.78, 5) is 2.46. The molecule has 1 heterocycles. The Morgan fingerprint density at radius 2 is 1.86 bits per heavy atom. The average molecular weight is 294 g/mol. The normalized spacial score (nSPS) is 25.0. The molecule has 21 heavy (non-hydrogen) atoms. The Hall–Kier alpha value is -0.970. The Bertz CT molecular complexity index is 413. The monoisotopic (exact) mass is 294 g/mol. The molecule has 1 aromatic rings. The first-order chi connectivity index (χ1) is 10.1. The molecule has 3 nitrogen and oxygen atoms in total. The van der Waals surface area contributed by atoms with E-state index >= 15 is 0 Å². The van der Waals surface area contributed by atoms with E-state index in [0.717, 1.165) is 38.2 Å². The lowest BCUT2D eigenvalue weighted by Crippen LogP contribution is -2.46. The molecular formula is C17H27FN2O. The molecule has 3 atom stereocenters. The second-order valence-electron chi connectivity index (χ2n) is 5.97. The topological polar surface area (TPSA) is 24.5 Å². The molecule has 0 amide bonds. The van der Waals surface area contributed by atoms with E-state index in [2.05, 4.69) is 31.0 Å². The number of rotatable bonds is 6. The van der Waals surface area contributed by atoms with E-state index in [0.29, 0.717) is 12.2 Å². The van der Waals surface area contributed by atoms with E-state index in [1.54, 1.807) is 12.1 Å². The summed E-state index contributed by atoms with van der Waals surface area (Å²) in [5, 5.41) is 3.50. The van der Waals surface area contributed by atoms with Crippen molar-refractivity contribution in [1.29, 1.82) is 0 Å². The molecule has 1 N–H and O–H groups in total. The van der Waals surface area contributed by atoms with Gasteiger partial charge in [0.25, 0.3) is 0 Å². The van der Waals surface area contributed by atoms with Crippen molar-refractivity contribution in [3.05, 3.63) is 35.6 Å². The van der Waals surface area contributed by atoms with Crippen LogP contribution in [0.15, 0.2) is 24.3 Å². The molecule has 1 fully saturated rings.